The first-order chi connectivity index (χ1) is 16.1. The average molecular weight is 445 g/mol. The first kappa shape index (κ1) is 21.6. The van der Waals surface area contributed by atoms with E-state index in [1.807, 2.05) is 16.9 Å². The second kappa shape index (κ2) is 8.96. The van der Waals surface area contributed by atoms with Crippen LogP contribution in [0.15, 0.2) is 42.9 Å². The lowest BCUT2D eigenvalue weighted by Gasteiger charge is -2.37. The van der Waals surface area contributed by atoms with Gasteiger partial charge in [0.2, 0.25) is 0 Å². The molecule has 1 amide bonds. The Morgan fingerprint density at radius 1 is 1.15 bits per heavy atom. The molecule has 0 spiro atoms. The number of aromatic nitrogens is 5. The molecule has 7 nitrogen and oxygen atoms in total. The molecule has 5 rings (SSSR count). The number of hydrogen-bond acceptors (Lipinski definition) is 4. The van der Waals surface area contributed by atoms with E-state index in [-0.39, 0.29) is 5.91 Å². The summed E-state index contributed by atoms with van der Waals surface area (Å²) in [6.07, 6.45) is 11.4. The molecule has 1 fully saturated rings. The first-order valence-corrected chi connectivity index (χ1v) is 12.1. The van der Waals surface area contributed by atoms with Crippen molar-refractivity contribution in [2.45, 2.75) is 70.9 Å². The topological polar surface area (TPSA) is 88.5 Å². The van der Waals surface area contributed by atoms with Crippen LogP contribution in [0.5, 0.6) is 0 Å². The highest BCUT2D eigenvalue weighted by molar-refractivity contribution is 6.27. The molecule has 2 N–H and O–H groups in total. The highest BCUT2D eigenvalue weighted by Crippen LogP contribution is 2.40. The lowest BCUT2D eigenvalue weighted by molar-refractivity contribution is -0.117. The summed E-state index contributed by atoms with van der Waals surface area (Å²) in [5.74, 6) is 1.06. The van der Waals surface area contributed by atoms with Gasteiger partial charge < -0.3 is 5.32 Å². The van der Waals surface area contributed by atoms with Gasteiger partial charge in [0.15, 0.2) is 5.82 Å². The fraction of sp³-hybridized carbons (Fsp3) is 0.462. The van der Waals surface area contributed by atoms with Gasteiger partial charge in [-0.05, 0) is 61.3 Å². The van der Waals surface area contributed by atoms with Crippen LogP contribution in [-0.2, 0) is 23.3 Å². The van der Waals surface area contributed by atoms with Crippen LogP contribution in [0.4, 0.5) is 0 Å². The number of H-pyrrole nitrogens is 1. The van der Waals surface area contributed by atoms with Crippen LogP contribution in [0.25, 0.3) is 11.1 Å². The summed E-state index contributed by atoms with van der Waals surface area (Å²) in [7, 11) is 0. The number of nitrogens with one attached hydrogen (secondary N) is 2. The Labute approximate surface area is 194 Å². The van der Waals surface area contributed by atoms with Crippen LogP contribution in [0, 0.1) is 5.92 Å². The zero-order valence-electron chi connectivity index (χ0n) is 19.5. The number of aromatic amines is 1. The number of carbonyl (C=O) groups is 1. The Kier molecular flexibility index (Phi) is 5.87. The van der Waals surface area contributed by atoms with Gasteiger partial charge in [-0.2, -0.15) is 10.2 Å². The minimum atomic E-state index is -0.530. The highest BCUT2D eigenvalue weighted by Gasteiger charge is 2.39. The van der Waals surface area contributed by atoms with Crippen molar-refractivity contribution in [1.29, 1.82) is 0 Å². The van der Waals surface area contributed by atoms with E-state index in [4.69, 9.17) is 5.10 Å². The van der Waals surface area contributed by atoms with E-state index in [1.165, 1.54) is 44.0 Å². The van der Waals surface area contributed by atoms with Crippen LogP contribution < -0.4 is 5.32 Å². The van der Waals surface area contributed by atoms with Crippen LogP contribution >= 0.6 is 0 Å². The maximum absolute atomic E-state index is 13.4. The van der Waals surface area contributed by atoms with Gasteiger partial charge in [-0.1, -0.05) is 44.0 Å². The van der Waals surface area contributed by atoms with Crippen molar-refractivity contribution in [3.05, 3.63) is 65.5 Å². The molecule has 2 aromatic heterocycles. The summed E-state index contributed by atoms with van der Waals surface area (Å²) in [6.45, 7) is 5.26. The minimum Gasteiger partial charge on any atom is -0.342 e. The number of unbranched alkanes of at least 4 members (excludes halogenated alkanes) is 2. The van der Waals surface area contributed by atoms with Crippen molar-refractivity contribution < 1.29 is 4.79 Å². The number of hydrogen-bond donors (Lipinski definition) is 2. The number of nitrogens with zero attached hydrogens (tertiary/aromatic N) is 4. The van der Waals surface area contributed by atoms with Gasteiger partial charge in [0.25, 0.3) is 5.91 Å². The average Bonchev–Trinajstić information content (AvgIpc) is 3.24. The molecule has 1 saturated carbocycles. The SMILES string of the molecule is CCCCCc1ccc([C@]2(C)CC(c3ccn(CC4CC4)n3)=C(c3ncn[nH]3)C(=O)N2)cc1. The van der Waals surface area contributed by atoms with Gasteiger partial charge in [-0.3, -0.25) is 14.6 Å². The first-order valence-electron chi connectivity index (χ1n) is 12.1. The number of aryl methyl sites for hydroxylation is 1. The molecule has 33 heavy (non-hydrogen) atoms. The summed E-state index contributed by atoms with van der Waals surface area (Å²) in [4.78, 5) is 17.7. The molecule has 3 heterocycles. The molecule has 2 aliphatic rings. The van der Waals surface area contributed by atoms with Crippen molar-refractivity contribution in [2.24, 2.45) is 5.92 Å². The van der Waals surface area contributed by atoms with Crippen molar-refractivity contribution in [3.63, 3.8) is 0 Å². The number of amides is 1. The van der Waals surface area contributed by atoms with Gasteiger partial charge in [0.1, 0.15) is 6.33 Å². The molecule has 0 radical (unpaired) electrons. The molecule has 0 unspecified atom stereocenters. The van der Waals surface area contributed by atoms with Crippen molar-refractivity contribution >= 4 is 17.1 Å². The van der Waals surface area contributed by atoms with E-state index < -0.39 is 5.54 Å². The van der Waals surface area contributed by atoms with Gasteiger partial charge >= 0.3 is 0 Å². The van der Waals surface area contributed by atoms with Gasteiger partial charge in [-0.15, -0.1) is 0 Å². The van der Waals surface area contributed by atoms with E-state index in [1.54, 1.807) is 0 Å². The van der Waals surface area contributed by atoms with E-state index >= 15 is 0 Å². The van der Waals surface area contributed by atoms with Crippen LogP contribution in [0.2, 0.25) is 0 Å². The minimum absolute atomic E-state index is 0.153. The van der Waals surface area contributed by atoms with Crippen LogP contribution in [-0.4, -0.2) is 30.9 Å². The molecule has 0 saturated heterocycles. The van der Waals surface area contributed by atoms with Crippen molar-refractivity contribution in [1.82, 2.24) is 30.3 Å². The van der Waals surface area contributed by atoms with Gasteiger partial charge in [0.05, 0.1) is 16.8 Å². The fourth-order valence-corrected chi connectivity index (χ4v) is 4.71. The van der Waals surface area contributed by atoms with E-state index in [0.717, 1.165) is 35.7 Å². The highest BCUT2D eigenvalue weighted by atomic mass is 16.2. The maximum Gasteiger partial charge on any atom is 0.256 e. The monoisotopic (exact) mass is 444 g/mol. The zero-order valence-corrected chi connectivity index (χ0v) is 19.5. The molecule has 1 aliphatic carbocycles. The quantitative estimate of drug-likeness (QED) is 0.476. The molecular formula is C26H32N6O. The van der Waals surface area contributed by atoms with E-state index in [0.29, 0.717) is 17.8 Å². The largest absolute Gasteiger partial charge is 0.342 e. The second-order valence-corrected chi connectivity index (χ2v) is 9.67. The Bertz CT molecular complexity index is 1140. The number of benzene rings is 1. The third-order valence-electron chi connectivity index (χ3n) is 6.85. The molecule has 1 atom stereocenters. The molecule has 172 valence electrons. The molecule has 7 heteroatoms. The molecule has 3 aromatic rings. The number of rotatable bonds is 9. The van der Waals surface area contributed by atoms with Crippen LogP contribution in [0.3, 0.4) is 0 Å². The maximum atomic E-state index is 13.4. The molecular weight excluding hydrogens is 412 g/mol. The Hall–Kier alpha value is -3.22. The van der Waals surface area contributed by atoms with Crippen molar-refractivity contribution in [3.8, 4) is 0 Å². The standard InChI is InChI=1S/C26H32N6O/c1-3-4-5-6-18-9-11-20(12-10-18)26(2)15-21(22-13-14-32(31-22)16-19-7-8-19)23(25(33)29-26)24-27-17-28-30-24/h9-14,17,19H,3-8,15-16H2,1-2H3,(H,29,33)(H,27,28,30)/t26-/m0/s1. The number of carbonyl (C=O) groups excluding carboxylic acids is 1. The molecule has 0 bridgehead atoms. The summed E-state index contributed by atoms with van der Waals surface area (Å²) >= 11 is 0. The summed E-state index contributed by atoms with van der Waals surface area (Å²) in [5.41, 5.74) is 4.17. The Morgan fingerprint density at radius 2 is 1.97 bits per heavy atom. The smallest absolute Gasteiger partial charge is 0.256 e. The van der Waals surface area contributed by atoms with E-state index in [9.17, 15) is 4.79 Å². The summed E-state index contributed by atoms with van der Waals surface area (Å²) in [6, 6.07) is 10.7. The second-order valence-electron chi connectivity index (χ2n) is 9.67. The third-order valence-corrected chi connectivity index (χ3v) is 6.85. The van der Waals surface area contributed by atoms with Crippen molar-refractivity contribution in [2.75, 3.05) is 0 Å². The van der Waals surface area contributed by atoms with Gasteiger partial charge in [-0.25, -0.2) is 4.98 Å². The predicted octanol–water partition coefficient (Wildman–Crippen LogP) is 4.49. The lowest BCUT2D eigenvalue weighted by Crippen LogP contribution is -2.47. The normalized spacial score (nSPS) is 20.8. The Morgan fingerprint density at radius 3 is 2.67 bits per heavy atom. The molecule has 1 aliphatic heterocycles. The summed E-state index contributed by atoms with van der Waals surface area (Å²) in [5, 5.41) is 14.9. The van der Waals surface area contributed by atoms with E-state index in [2.05, 4.69) is 58.6 Å². The third kappa shape index (κ3) is 4.63. The van der Waals surface area contributed by atoms with Gasteiger partial charge in [0, 0.05) is 19.2 Å². The van der Waals surface area contributed by atoms with Crippen LogP contribution in [0.1, 0.15) is 75.0 Å². The lowest BCUT2D eigenvalue weighted by atomic mass is 9.79. The fourth-order valence-electron chi connectivity index (χ4n) is 4.71. The zero-order chi connectivity index (χ0) is 22.8. The predicted molar refractivity (Wildman–Crippen MR) is 128 cm³/mol. The molecule has 1 aromatic carbocycles. The summed E-state index contributed by atoms with van der Waals surface area (Å²) < 4.78 is 2.01. The Balaban J connectivity index is 1.47.